The number of urea groups is 2. The number of likely N-dealkylation sites (tertiary alicyclic amines) is 1. The number of fused-ring (bicyclic) bond motifs is 3. The maximum absolute atomic E-state index is 14.2. The number of nitrogens with zero attached hydrogens (tertiary/aromatic N) is 4. The number of aliphatic carboxylic acids is 1. The Labute approximate surface area is 243 Å². The van der Waals surface area contributed by atoms with Gasteiger partial charge in [-0.05, 0) is 66.4 Å². The standard InChI is InChI=1S/C32H32N4O4S/c1-2-33(19-22-21-41-28-16-10-9-15-26(22)28)31(39)36-25-17-18-27(36)29(30(37)38)34(20-25)32(40)35(23-11-5-3-6-12-23)24-13-7-4-8-14-24/h3-16,21,25,27,29H,2,17-20H2,1H3,(H,37,38)/t25?,27-,29+/m1/s1. The minimum Gasteiger partial charge on any atom is -0.480 e. The molecule has 0 radical (unpaired) electrons. The van der Waals surface area contributed by atoms with Gasteiger partial charge in [0.25, 0.3) is 0 Å². The highest BCUT2D eigenvalue weighted by Crippen LogP contribution is 2.38. The first-order valence-electron chi connectivity index (χ1n) is 13.9. The Balaban J connectivity index is 1.29. The molecule has 2 fully saturated rings. The fraction of sp³-hybridized carbons (Fsp3) is 0.281. The molecule has 8 nitrogen and oxygen atoms in total. The largest absolute Gasteiger partial charge is 0.480 e. The molecule has 210 valence electrons. The average molecular weight is 569 g/mol. The average Bonchev–Trinajstić information content (AvgIpc) is 3.55. The molecule has 2 aliphatic rings. The molecule has 3 heterocycles. The fourth-order valence-corrected chi connectivity index (χ4v) is 7.19. The van der Waals surface area contributed by atoms with E-state index in [1.54, 1.807) is 26.0 Å². The summed E-state index contributed by atoms with van der Waals surface area (Å²) in [4.78, 5) is 47.6. The molecule has 0 spiro atoms. The number of piperazine rings is 1. The highest BCUT2D eigenvalue weighted by atomic mass is 32.1. The summed E-state index contributed by atoms with van der Waals surface area (Å²) in [6.07, 6.45) is 1.19. The van der Waals surface area contributed by atoms with Crippen molar-refractivity contribution in [2.45, 2.75) is 44.4 Å². The molecular formula is C32H32N4O4S. The Morgan fingerprint density at radius 2 is 1.51 bits per heavy atom. The lowest BCUT2D eigenvalue weighted by atomic mass is 10.0. The summed E-state index contributed by atoms with van der Waals surface area (Å²) in [5.41, 5.74) is 2.38. The number of para-hydroxylation sites is 2. The molecule has 3 aromatic carbocycles. The van der Waals surface area contributed by atoms with Crippen LogP contribution in [0.25, 0.3) is 10.1 Å². The zero-order valence-electron chi connectivity index (χ0n) is 22.8. The predicted molar refractivity (Wildman–Crippen MR) is 161 cm³/mol. The van der Waals surface area contributed by atoms with E-state index >= 15 is 0 Å². The maximum Gasteiger partial charge on any atom is 0.329 e. The van der Waals surface area contributed by atoms with E-state index < -0.39 is 24.1 Å². The number of rotatable bonds is 6. The lowest BCUT2D eigenvalue weighted by Crippen LogP contribution is -2.67. The van der Waals surface area contributed by atoms with Crippen molar-refractivity contribution < 1.29 is 19.5 Å². The van der Waals surface area contributed by atoms with Gasteiger partial charge in [-0.25, -0.2) is 14.4 Å². The van der Waals surface area contributed by atoms with Crippen LogP contribution in [0.15, 0.2) is 90.3 Å². The number of carboxylic acid groups (broad SMARTS) is 1. The smallest absolute Gasteiger partial charge is 0.329 e. The minimum absolute atomic E-state index is 0.160. The van der Waals surface area contributed by atoms with E-state index in [1.807, 2.05) is 79.7 Å². The van der Waals surface area contributed by atoms with Gasteiger partial charge in [-0.1, -0.05) is 54.6 Å². The number of hydrogen-bond donors (Lipinski definition) is 1. The molecule has 2 saturated heterocycles. The van der Waals surface area contributed by atoms with Crippen molar-refractivity contribution in [3.63, 3.8) is 0 Å². The first-order valence-corrected chi connectivity index (χ1v) is 14.8. The first kappa shape index (κ1) is 26.8. The van der Waals surface area contributed by atoms with Crippen LogP contribution < -0.4 is 4.90 Å². The number of thiophene rings is 1. The summed E-state index contributed by atoms with van der Waals surface area (Å²) < 4.78 is 1.17. The van der Waals surface area contributed by atoms with Crippen LogP contribution in [0.3, 0.4) is 0 Å². The minimum atomic E-state index is -1.15. The van der Waals surface area contributed by atoms with Gasteiger partial charge < -0.3 is 19.8 Å². The monoisotopic (exact) mass is 568 g/mol. The van der Waals surface area contributed by atoms with Crippen LogP contribution in [0.2, 0.25) is 0 Å². The van der Waals surface area contributed by atoms with Gasteiger partial charge in [-0.3, -0.25) is 4.90 Å². The van der Waals surface area contributed by atoms with Crippen LogP contribution in [0.4, 0.5) is 21.0 Å². The van der Waals surface area contributed by atoms with Crippen LogP contribution in [0, 0.1) is 0 Å². The Kier molecular flexibility index (Phi) is 7.36. The third kappa shape index (κ3) is 4.91. The molecule has 2 bridgehead atoms. The molecule has 3 atom stereocenters. The quantitative estimate of drug-likeness (QED) is 0.292. The number of hydrogen-bond acceptors (Lipinski definition) is 4. The third-order valence-corrected chi connectivity index (χ3v) is 9.18. The Morgan fingerprint density at radius 1 is 0.878 bits per heavy atom. The van der Waals surface area contributed by atoms with E-state index in [4.69, 9.17) is 0 Å². The Morgan fingerprint density at radius 3 is 2.15 bits per heavy atom. The summed E-state index contributed by atoms with van der Waals surface area (Å²) in [6.45, 7) is 3.05. The molecule has 0 aliphatic carbocycles. The second kappa shape index (κ2) is 11.2. The van der Waals surface area contributed by atoms with Crippen LogP contribution in [0.1, 0.15) is 25.3 Å². The van der Waals surface area contributed by atoms with Crippen LogP contribution in [-0.4, -0.2) is 69.1 Å². The van der Waals surface area contributed by atoms with Crippen molar-refractivity contribution in [1.82, 2.24) is 14.7 Å². The summed E-state index contributed by atoms with van der Waals surface area (Å²) in [5, 5.41) is 13.7. The lowest BCUT2D eigenvalue weighted by molar-refractivity contribution is -0.145. The van der Waals surface area contributed by atoms with Crippen LogP contribution in [0.5, 0.6) is 0 Å². The number of carboxylic acids is 1. The highest BCUT2D eigenvalue weighted by Gasteiger charge is 2.54. The summed E-state index contributed by atoms with van der Waals surface area (Å²) in [6, 6.07) is 24.1. The molecule has 0 saturated carbocycles. The SMILES string of the molecule is CCN(Cc1csc2ccccc12)C(=O)N1C2CC[C@@H]1[C@@H](C(=O)O)N(C(=O)N(c1ccccc1)c1ccccc1)C2. The van der Waals surface area contributed by atoms with E-state index in [0.717, 1.165) is 10.9 Å². The second-order valence-electron chi connectivity index (χ2n) is 10.5. The lowest BCUT2D eigenvalue weighted by Gasteiger charge is -2.47. The third-order valence-electron chi connectivity index (χ3n) is 8.17. The molecule has 4 amide bonds. The summed E-state index contributed by atoms with van der Waals surface area (Å²) >= 11 is 1.66. The zero-order chi connectivity index (χ0) is 28.5. The molecule has 2 aliphatic heterocycles. The molecule has 1 N–H and O–H groups in total. The Hall–Kier alpha value is -4.37. The van der Waals surface area contributed by atoms with E-state index in [1.165, 1.54) is 9.60 Å². The van der Waals surface area contributed by atoms with Gasteiger partial charge in [0.2, 0.25) is 0 Å². The van der Waals surface area contributed by atoms with Gasteiger partial charge in [-0.2, -0.15) is 0 Å². The molecule has 4 aromatic rings. The fourth-order valence-electron chi connectivity index (χ4n) is 6.23. The van der Waals surface area contributed by atoms with Gasteiger partial charge in [0.05, 0.1) is 23.5 Å². The molecule has 1 aromatic heterocycles. The summed E-state index contributed by atoms with van der Waals surface area (Å²) in [5.74, 6) is -1.10. The van der Waals surface area contributed by atoms with E-state index in [-0.39, 0.29) is 18.6 Å². The van der Waals surface area contributed by atoms with Gasteiger partial charge in [0.1, 0.15) is 0 Å². The van der Waals surface area contributed by atoms with Gasteiger partial charge in [-0.15, -0.1) is 11.3 Å². The van der Waals surface area contributed by atoms with E-state index in [9.17, 15) is 19.5 Å². The topological polar surface area (TPSA) is 84.4 Å². The van der Waals surface area contributed by atoms with Gasteiger partial charge in [0.15, 0.2) is 6.04 Å². The number of anilines is 2. The number of carbonyl (C=O) groups is 3. The van der Waals surface area contributed by atoms with Crippen molar-refractivity contribution >= 4 is 50.8 Å². The van der Waals surface area contributed by atoms with Crippen molar-refractivity contribution in [1.29, 1.82) is 0 Å². The van der Waals surface area contributed by atoms with Crippen molar-refractivity contribution in [3.05, 3.63) is 95.9 Å². The van der Waals surface area contributed by atoms with E-state index in [0.29, 0.717) is 37.3 Å². The zero-order valence-corrected chi connectivity index (χ0v) is 23.6. The van der Waals surface area contributed by atoms with Crippen molar-refractivity contribution in [2.75, 3.05) is 18.0 Å². The molecule has 9 heteroatoms. The van der Waals surface area contributed by atoms with Crippen LogP contribution >= 0.6 is 11.3 Å². The van der Waals surface area contributed by atoms with Gasteiger partial charge in [0, 0.05) is 24.3 Å². The first-order chi connectivity index (χ1) is 20.0. The van der Waals surface area contributed by atoms with E-state index in [2.05, 4.69) is 17.5 Å². The maximum atomic E-state index is 14.2. The normalized spacial score (nSPS) is 19.8. The van der Waals surface area contributed by atoms with Crippen molar-refractivity contribution in [3.8, 4) is 0 Å². The molecule has 1 unspecified atom stereocenters. The molecular weight excluding hydrogens is 536 g/mol. The van der Waals surface area contributed by atoms with Gasteiger partial charge >= 0.3 is 18.0 Å². The van der Waals surface area contributed by atoms with Crippen LogP contribution in [-0.2, 0) is 11.3 Å². The molecule has 41 heavy (non-hydrogen) atoms. The summed E-state index contributed by atoms with van der Waals surface area (Å²) in [7, 11) is 0. The predicted octanol–water partition coefficient (Wildman–Crippen LogP) is 6.40. The Bertz CT molecular complexity index is 1520. The number of benzene rings is 3. The number of amides is 4. The molecule has 6 rings (SSSR count). The number of carbonyl (C=O) groups excluding carboxylic acids is 2. The van der Waals surface area contributed by atoms with Crippen molar-refractivity contribution in [2.24, 2.45) is 0 Å². The highest BCUT2D eigenvalue weighted by molar-refractivity contribution is 7.17. The second-order valence-corrected chi connectivity index (χ2v) is 11.4.